The normalized spacial score (nSPS) is 12.7. The topological polar surface area (TPSA) is 95.5 Å². The molecule has 2 rings (SSSR count). The molecule has 2 aromatic carbocycles. The van der Waals surface area contributed by atoms with Crippen molar-refractivity contribution in [3.63, 3.8) is 0 Å². The van der Waals surface area contributed by atoms with E-state index in [-0.39, 0.29) is 12.8 Å². The molecule has 2 amide bonds. The molecule has 0 aliphatic rings. The molecule has 0 saturated heterocycles. The molecule has 2 atom stereocenters. The number of hydrogen-bond acceptors (Lipinski definition) is 3. The van der Waals surface area contributed by atoms with E-state index in [2.05, 4.69) is 33.2 Å². The van der Waals surface area contributed by atoms with Gasteiger partial charge in [0, 0.05) is 23.3 Å². The number of hydrogen-bond donors (Lipinski definition) is 3. The minimum atomic E-state index is -1.18. The van der Waals surface area contributed by atoms with E-state index in [0.717, 1.165) is 9.13 Å². The summed E-state index contributed by atoms with van der Waals surface area (Å²) >= 11 is 2.10. The maximum Gasteiger partial charge on any atom is 0.326 e. The number of carboxylic acid groups (broad SMARTS) is 1. The van der Waals surface area contributed by atoms with Gasteiger partial charge in [0.1, 0.15) is 17.9 Å². The predicted molar refractivity (Wildman–Crippen MR) is 110 cm³/mol. The fourth-order valence-corrected chi connectivity index (χ4v) is 3.32. The highest BCUT2D eigenvalue weighted by atomic mass is 127. The second-order valence-electron chi connectivity index (χ2n) is 6.28. The van der Waals surface area contributed by atoms with Crippen molar-refractivity contribution in [3.05, 3.63) is 69.0 Å². The lowest BCUT2D eigenvalue weighted by atomic mass is 10.0. The van der Waals surface area contributed by atoms with Crippen LogP contribution in [0.4, 0.5) is 4.39 Å². The second kappa shape index (κ2) is 10.2. The van der Waals surface area contributed by atoms with Crippen LogP contribution in [0.2, 0.25) is 0 Å². The van der Waals surface area contributed by atoms with Crippen LogP contribution in [0.1, 0.15) is 18.1 Å². The van der Waals surface area contributed by atoms with Gasteiger partial charge in [-0.2, -0.15) is 0 Å². The Kier molecular flexibility index (Phi) is 7.91. The van der Waals surface area contributed by atoms with E-state index in [4.69, 9.17) is 0 Å². The van der Waals surface area contributed by atoms with Crippen LogP contribution in [-0.4, -0.2) is 35.0 Å². The third-order valence-corrected chi connectivity index (χ3v) is 5.07. The largest absolute Gasteiger partial charge is 0.480 e. The third kappa shape index (κ3) is 6.59. The maximum absolute atomic E-state index is 13.4. The van der Waals surface area contributed by atoms with Crippen LogP contribution in [0.25, 0.3) is 0 Å². The van der Waals surface area contributed by atoms with Gasteiger partial charge in [0.2, 0.25) is 11.8 Å². The Balaban J connectivity index is 2.15. The Hall–Kier alpha value is -2.49. The number of rotatable bonds is 8. The van der Waals surface area contributed by atoms with Gasteiger partial charge in [0.05, 0.1) is 0 Å². The lowest BCUT2D eigenvalue weighted by Gasteiger charge is -2.21. The Morgan fingerprint density at radius 1 is 1.04 bits per heavy atom. The maximum atomic E-state index is 13.4. The van der Waals surface area contributed by atoms with Gasteiger partial charge in [0.25, 0.3) is 0 Å². The van der Waals surface area contributed by atoms with Crippen LogP contribution in [0, 0.1) is 9.39 Å². The first kappa shape index (κ1) is 21.8. The number of benzene rings is 2. The molecule has 0 aromatic heterocycles. The van der Waals surface area contributed by atoms with Gasteiger partial charge in [-0.3, -0.25) is 9.59 Å². The van der Waals surface area contributed by atoms with Crippen LogP contribution >= 0.6 is 22.6 Å². The molecule has 6 nitrogen and oxygen atoms in total. The molecule has 148 valence electrons. The molecule has 0 unspecified atom stereocenters. The summed E-state index contributed by atoms with van der Waals surface area (Å²) in [5.41, 5.74) is 1.30. The summed E-state index contributed by atoms with van der Waals surface area (Å²) in [5.74, 6) is -2.72. The Morgan fingerprint density at radius 2 is 1.75 bits per heavy atom. The summed E-state index contributed by atoms with van der Waals surface area (Å²) in [5, 5.41) is 14.5. The first-order valence-corrected chi connectivity index (χ1v) is 9.62. The van der Waals surface area contributed by atoms with Crippen molar-refractivity contribution in [1.29, 1.82) is 0 Å². The molecule has 0 saturated carbocycles. The number of carbonyl (C=O) groups is 3. The number of amides is 2. The summed E-state index contributed by atoms with van der Waals surface area (Å²) in [6, 6.07) is 10.8. The van der Waals surface area contributed by atoms with Gasteiger partial charge in [-0.1, -0.05) is 30.3 Å². The molecule has 8 heteroatoms. The van der Waals surface area contributed by atoms with Crippen molar-refractivity contribution in [1.82, 2.24) is 10.6 Å². The summed E-state index contributed by atoms with van der Waals surface area (Å²) in [6.45, 7) is 1.26. The molecule has 3 N–H and O–H groups in total. The average molecular weight is 498 g/mol. The minimum Gasteiger partial charge on any atom is -0.480 e. The fourth-order valence-electron chi connectivity index (χ4n) is 2.71. The van der Waals surface area contributed by atoms with E-state index < -0.39 is 35.7 Å². The third-order valence-electron chi connectivity index (χ3n) is 4.02. The van der Waals surface area contributed by atoms with Crippen molar-refractivity contribution < 1.29 is 23.9 Å². The van der Waals surface area contributed by atoms with Gasteiger partial charge in [0.15, 0.2) is 0 Å². The zero-order valence-corrected chi connectivity index (χ0v) is 17.3. The van der Waals surface area contributed by atoms with E-state index in [0.29, 0.717) is 5.56 Å². The van der Waals surface area contributed by atoms with Crippen molar-refractivity contribution in [2.24, 2.45) is 0 Å². The van der Waals surface area contributed by atoms with E-state index in [1.165, 1.54) is 25.1 Å². The standard InChI is InChI=1S/C20H20FIN2O4/c1-12(25)23-17(10-13-5-4-7-15(21)9-13)19(26)24-18(20(27)28)11-14-6-2-3-8-16(14)22/h2-9,17-18H,10-11H2,1H3,(H,23,25)(H,24,26)(H,27,28)/t17-,18+/m0/s1. The molecule has 28 heavy (non-hydrogen) atoms. The van der Waals surface area contributed by atoms with Crippen molar-refractivity contribution in [3.8, 4) is 0 Å². The zero-order valence-electron chi connectivity index (χ0n) is 15.1. The van der Waals surface area contributed by atoms with Crippen LogP contribution in [0.3, 0.4) is 0 Å². The number of halogens is 2. The van der Waals surface area contributed by atoms with Crippen LogP contribution in [0.5, 0.6) is 0 Å². The minimum absolute atomic E-state index is 0.0401. The predicted octanol–water partition coefficient (Wildman–Crippen LogP) is 2.29. The van der Waals surface area contributed by atoms with Crippen LogP contribution < -0.4 is 10.6 Å². The molecular formula is C20H20FIN2O4. The van der Waals surface area contributed by atoms with Gasteiger partial charge < -0.3 is 15.7 Å². The van der Waals surface area contributed by atoms with Crippen molar-refractivity contribution in [2.75, 3.05) is 0 Å². The van der Waals surface area contributed by atoms with Crippen LogP contribution in [-0.2, 0) is 27.2 Å². The molecule has 0 fully saturated rings. The molecule has 0 heterocycles. The van der Waals surface area contributed by atoms with Crippen molar-refractivity contribution in [2.45, 2.75) is 31.8 Å². The highest BCUT2D eigenvalue weighted by molar-refractivity contribution is 14.1. The second-order valence-corrected chi connectivity index (χ2v) is 7.44. The van der Waals surface area contributed by atoms with E-state index in [1.807, 2.05) is 12.1 Å². The first-order valence-electron chi connectivity index (χ1n) is 8.54. The Morgan fingerprint density at radius 3 is 2.36 bits per heavy atom. The van der Waals surface area contributed by atoms with E-state index >= 15 is 0 Å². The molecule has 0 bridgehead atoms. The van der Waals surface area contributed by atoms with Crippen molar-refractivity contribution >= 4 is 40.4 Å². The van der Waals surface area contributed by atoms with E-state index in [9.17, 15) is 23.9 Å². The van der Waals surface area contributed by atoms with Gasteiger partial charge in [-0.05, 0) is 51.9 Å². The Labute approximate surface area is 175 Å². The summed E-state index contributed by atoms with van der Waals surface area (Å²) in [6.07, 6.45) is 0.144. The number of nitrogens with one attached hydrogen (secondary N) is 2. The molecule has 0 spiro atoms. The summed E-state index contributed by atoms with van der Waals surface area (Å²) in [4.78, 5) is 35.8. The lowest BCUT2D eigenvalue weighted by Crippen LogP contribution is -2.52. The van der Waals surface area contributed by atoms with Gasteiger partial charge in [-0.15, -0.1) is 0 Å². The average Bonchev–Trinajstić information content (AvgIpc) is 2.61. The highest BCUT2D eigenvalue weighted by Gasteiger charge is 2.27. The monoisotopic (exact) mass is 498 g/mol. The van der Waals surface area contributed by atoms with Crippen LogP contribution in [0.15, 0.2) is 48.5 Å². The quantitative estimate of drug-likeness (QED) is 0.487. The van der Waals surface area contributed by atoms with Gasteiger partial charge in [-0.25, -0.2) is 9.18 Å². The lowest BCUT2D eigenvalue weighted by molar-refractivity contribution is -0.142. The molecule has 0 aliphatic heterocycles. The van der Waals surface area contributed by atoms with E-state index in [1.54, 1.807) is 18.2 Å². The zero-order chi connectivity index (χ0) is 20.7. The number of carboxylic acids is 1. The highest BCUT2D eigenvalue weighted by Crippen LogP contribution is 2.14. The molecule has 2 aromatic rings. The molecular weight excluding hydrogens is 478 g/mol. The fraction of sp³-hybridized carbons (Fsp3) is 0.250. The van der Waals surface area contributed by atoms with Gasteiger partial charge >= 0.3 is 5.97 Å². The molecule has 0 aliphatic carbocycles. The smallest absolute Gasteiger partial charge is 0.326 e. The number of aliphatic carboxylic acids is 1. The first-order chi connectivity index (χ1) is 13.3. The Bertz CT molecular complexity index is 875. The summed E-state index contributed by atoms with van der Waals surface area (Å²) in [7, 11) is 0. The molecule has 0 radical (unpaired) electrons. The SMILES string of the molecule is CC(=O)N[C@@H](Cc1cccc(F)c1)C(=O)N[C@H](Cc1ccccc1I)C(=O)O. The summed E-state index contributed by atoms with van der Waals surface area (Å²) < 4.78 is 14.3. The number of carbonyl (C=O) groups excluding carboxylic acids is 2.